The molecule has 0 spiro atoms. The van der Waals surface area contributed by atoms with Crippen LogP contribution in [0.25, 0.3) is 0 Å². The lowest BCUT2D eigenvalue weighted by Gasteiger charge is -2.16. The van der Waals surface area contributed by atoms with Gasteiger partial charge < -0.3 is 0 Å². The Morgan fingerprint density at radius 1 is 1.37 bits per heavy atom. The predicted molar refractivity (Wildman–Crippen MR) is 59.9 cm³/mol. The number of aromatic nitrogens is 1. The fraction of sp³-hybridized carbons (Fsp3) is 0.375. The minimum atomic E-state index is -5.17. The van der Waals surface area contributed by atoms with E-state index in [1.54, 1.807) is 0 Å². The van der Waals surface area contributed by atoms with Crippen LogP contribution in [-0.4, -0.2) is 13.4 Å². The zero-order chi connectivity index (χ0) is 15.0. The average molecular weight is 389 g/mol. The van der Waals surface area contributed by atoms with Crippen molar-refractivity contribution in [2.24, 2.45) is 0 Å². The van der Waals surface area contributed by atoms with Gasteiger partial charge in [-0.1, -0.05) is 15.9 Å². The van der Waals surface area contributed by atoms with Crippen LogP contribution in [0.2, 0.25) is 0 Å². The summed E-state index contributed by atoms with van der Waals surface area (Å²) >= 11 is 2.75. The molecule has 0 atom stereocenters. The van der Waals surface area contributed by atoms with Crippen LogP contribution < -0.4 is 0 Å². The molecule has 0 unspecified atom stereocenters. The Labute approximate surface area is 117 Å². The predicted octanol–water partition coefficient (Wildman–Crippen LogP) is 3.86. The molecule has 3 nitrogen and oxygen atoms in total. The van der Waals surface area contributed by atoms with E-state index in [9.17, 15) is 30.4 Å². The van der Waals surface area contributed by atoms with Gasteiger partial charge in [0.15, 0.2) is 0 Å². The third kappa shape index (κ3) is 3.54. The van der Waals surface area contributed by atoms with Gasteiger partial charge >= 0.3 is 6.18 Å². The van der Waals surface area contributed by atoms with E-state index >= 15 is 0 Å². The maximum Gasteiger partial charge on any atom is 0.418 e. The second kappa shape index (κ2) is 5.49. The van der Waals surface area contributed by atoms with Gasteiger partial charge in [-0.05, 0) is 0 Å². The van der Waals surface area contributed by atoms with E-state index in [2.05, 4.69) is 20.9 Å². The van der Waals surface area contributed by atoms with Gasteiger partial charge in [-0.15, -0.1) is 0 Å². The van der Waals surface area contributed by atoms with Crippen LogP contribution in [-0.2, 0) is 20.6 Å². The highest BCUT2D eigenvalue weighted by Crippen LogP contribution is 2.41. The van der Waals surface area contributed by atoms with E-state index in [0.717, 1.165) is 0 Å². The quantitative estimate of drug-likeness (QED) is 0.449. The second-order valence-electron chi connectivity index (χ2n) is 3.23. The zero-order valence-corrected chi connectivity index (χ0v) is 11.8. The van der Waals surface area contributed by atoms with Crippen LogP contribution in [0.15, 0.2) is 11.1 Å². The highest BCUT2D eigenvalue weighted by Gasteiger charge is 2.40. The van der Waals surface area contributed by atoms with Crippen molar-refractivity contribution in [3.63, 3.8) is 0 Å². The largest absolute Gasteiger partial charge is 0.418 e. The fourth-order valence-electron chi connectivity index (χ4n) is 1.36. The van der Waals surface area contributed by atoms with Gasteiger partial charge in [0, 0.05) is 22.2 Å². The Bertz CT molecular complexity index is 590. The van der Waals surface area contributed by atoms with Crippen LogP contribution in [0, 0.1) is 0 Å². The maximum absolute atomic E-state index is 12.8. The molecule has 1 rings (SSSR count). The molecule has 19 heavy (non-hydrogen) atoms. The summed E-state index contributed by atoms with van der Waals surface area (Å²) in [6.07, 6.45) is -8.68. The highest BCUT2D eigenvalue weighted by atomic mass is 79.9. The summed E-state index contributed by atoms with van der Waals surface area (Å²) in [5.74, 6) is 0. The van der Waals surface area contributed by atoms with Crippen molar-refractivity contribution < 1.29 is 30.4 Å². The zero-order valence-electron chi connectivity index (χ0n) is 8.68. The van der Waals surface area contributed by atoms with Gasteiger partial charge in [0.05, 0.1) is 16.8 Å². The highest BCUT2D eigenvalue weighted by molar-refractivity contribution is 9.08. The lowest BCUT2D eigenvalue weighted by molar-refractivity contribution is -0.140. The summed E-state index contributed by atoms with van der Waals surface area (Å²) in [5, 5.41) is -0.341. The van der Waals surface area contributed by atoms with E-state index in [-0.39, 0.29) is 11.5 Å². The van der Waals surface area contributed by atoms with E-state index in [1.165, 1.54) is 0 Å². The lowest BCUT2D eigenvalue weighted by atomic mass is 10.1. The number of rotatable bonds is 3. The molecule has 0 aliphatic carbocycles. The molecule has 1 heterocycles. The Hall–Kier alpha value is -0.480. The summed E-state index contributed by atoms with van der Waals surface area (Å²) in [5.41, 5.74) is -4.03. The molecule has 0 saturated carbocycles. The Morgan fingerprint density at radius 2 is 1.89 bits per heavy atom. The van der Waals surface area contributed by atoms with Crippen molar-refractivity contribution in [2.75, 3.05) is 0 Å². The number of nitrogens with zero attached hydrogens (tertiary/aromatic N) is 1. The minimum Gasteiger partial charge on any atom is -0.258 e. The number of hydrogen-bond acceptors (Lipinski definition) is 3. The molecule has 1 aromatic heterocycles. The molecule has 0 aromatic carbocycles. The second-order valence-corrected chi connectivity index (χ2v) is 6.29. The first-order chi connectivity index (χ1) is 8.50. The van der Waals surface area contributed by atoms with Crippen molar-refractivity contribution in [2.45, 2.75) is 22.8 Å². The van der Waals surface area contributed by atoms with Crippen LogP contribution in [0.1, 0.15) is 23.2 Å². The van der Waals surface area contributed by atoms with Crippen LogP contribution in [0.4, 0.5) is 22.0 Å². The monoisotopic (exact) mass is 387 g/mol. The molecule has 0 aliphatic rings. The fourth-order valence-corrected chi connectivity index (χ4v) is 3.35. The maximum atomic E-state index is 12.8. The van der Waals surface area contributed by atoms with Crippen molar-refractivity contribution in [1.29, 1.82) is 0 Å². The molecule has 0 radical (unpaired) electrons. The normalized spacial score (nSPS) is 13.1. The molecule has 0 saturated heterocycles. The molecule has 11 heteroatoms. The van der Waals surface area contributed by atoms with Crippen molar-refractivity contribution in [1.82, 2.24) is 4.98 Å². The van der Waals surface area contributed by atoms with Gasteiger partial charge in [-0.2, -0.15) is 13.2 Å². The average Bonchev–Trinajstić information content (AvgIpc) is 2.24. The van der Waals surface area contributed by atoms with E-state index in [0.29, 0.717) is 0 Å². The molecule has 108 valence electrons. The van der Waals surface area contributed by atoms with Gasteiger partial charge in [0.25, 0.3) is 15.5 Å². The van der Waals surface area contributed by atoms with E-state index in [1.807, 2.05) is 0 Å². The standard InChI is InChI=1S/C8H4BrClF5NO2S/c9-1-4-6(19(10,17)18)5(7(11)12)3(2-16-4)8(13,14)15/h2,7H,1H2. The molecular formula is C8H4BrClF5NO2S. The molecule has 0 bridgehead atoms. The summed E-state index contributed by atoms with van der Waals surface area (Å²) in [7, 11) is 0.120. The topological polar surface area (TPSA) is 47.0 Å². The first kappa shape index (κ1) is 16.6. The first-order valence-corrected chi connectivity index (χ1v) is 7.81. The number of halogens is 7. The third-order valence-electron chi connectivity index (χ3n) is 2.04. The molecule has 1 aromatic rings. The number of hydrogen-bond donors (Lipinski definition) is 0. The van der Waals surface area contributed by atoms with Gasteiger partial charge in [0.1, 0.15) is 4.90 Å². The summed E-state index contributed by atoms with van der Waals surface area (Å²) in [6.45, 7) is 0. The van der Waals surface area contributed by atoms with Crippen LogP contribution in [0.5, 0.6) is 0 Å². The smallest absolute Gasteiger partial charge is 0.258 e. The third-order valence-corrected chi connectivity index (χ3v) is 3.98. The van der Waals surface area contributed by atoms with Gasteiger partial charge in [-0.25, -0.2) is 17.2 Å². The molecule has 0 N–H and O–H groups in total. The van der Waals surface area contributed by atoms with Crippen molar-refractivity contribution in [3.05, 3.63) is 23.0 Å². The van der Waals surface area contributed by atoms with E-state index < -0.39 is 43.4 Å². The first-order valence-electron chi connectivity index (χ1n) is 4.38. The summed E-state index contributed by atoms with van der Waals surface area (Å²) < 4.78 is 85.8. The number of pyridine rings is 1. The number of alkyl halides is 6. The van der Waals surface area contributed by atoms with Gasteiger partial charge in [-0.3, -0.25) is 4.98 Å². The molecule has 0 fully saturated rings. The van der Waals surface area contributed by atoms with Gasteiger partial charge in [0.2, 0.25) is 0 Å². The SMILES string of the molecule is O=S(=O)(Cl)c1c(CBr)ncc(C(F)(F)F)c1C(F)F. The van der Waals surface area contributed by atoms with Crippen LogP contribution in [0.3, 0.4) is 0 Å². The molecular weight excluding hydrogens is 385 g/mol. The minimum absolute atomic E-state index is 0.156. The van der Waals surface area contributed by atoms with Crippen LogP contribution >= 0.6 is 26.6 Å². The molecule has 0 aliphatic heterocycles. The lowest BCUT2D eigenvalue weighted by Crippen LogP contribution is -2.16. The van der Waals surface area contributed by atoms with E-state index in [4.69, 9.17) is 10.7 Å². The summed E-state index contributed by atoms with van der Waals surface area (Å²) in [4.78, 5) is 1.90. The van der Waals surface area contributed by atoms with Crippen molar-refractivity contribution >= 4 is 35.7 Å². The summed E-state index contributed by atoms with van der Waals surface area (Å²) in [6, 6.07) is 0. The Morgan fingerprint density at radius 3 is 2.21 bits per heavy atom. The molecule has 0 amide bonds. The van der Waals surface area contributed by atoms with Crippen molar-refractivity contribution in [3.8, 4) is 0 Å². The Balaban J connectivity index is 3.85. The Kier molecular flexibility index (Phi) is 4.79.